The molecule has 0 nitrogen and oxygen atoms in total. The van der Waals surface area contributed by atoms with Crippen LogP contribution >= 0.6 is 11.3 Å². The summed E-state index contributed by atoms with van der Waals surface area (Å²) in [6.45, 7) is 0. The second kappa shape index (κ2) is 7.90. The molecular weight excluding hydrogens is 420 g/mol. The van der Waals surface area contributed by atoms with Crippen LogP contribution in [0.25, 0.3) is 20.2 Å². The van der Waals surface area contributed by atoms with E-state index in [1.54, 1.807) is 0 Å². The average Bonchev–Trinajstić information content (AvgIpc) is 3.25. The minimum Gasteiger partial charge on any atom is -0.135 e. The van der Waals surface area contributed by atoms with Gasteiger partial charge in [-0.25, -0.2) is 0 Å². The Morgan fingerprint density at radius 1 is 0.375 bits per heavy atom. The maximum Gasteiger partial charge on any atom is 0.179 e. The molecule has 0 aliphatic heterocycles. The first-order valence-corrected chi connectivity index (χ1v) is 13.8. The van der Waals surface area contributed by atoms with E-state index in [1.807, 2.05) is 11.3 Å². The SMILES string of the molecule is c1ccc([Si](c2ccccc2)(c2ccccc2)c2ccc3sc4ccccc4c3c2)cc1. The van der Waals surface area contributed by atoms with Gasteiger partial charge in [0, 0.05) is 20.2 Å². The lowest BCUT2D eigenvalue weighted by molar-refractivity contribution is 1.68. The maximum absolute atomic E-state index is 2.48. The number of thiophene rings is 1. The molecule has 5 aromatic carbocycles. The third-order valence-corrected chi connectivity index (χ3v) is 12.4. The zero-order valence-electron chi connectivity index (χ0n) is 17.6. The molecule has 0 N–H and O–H groups in total. The Morgan fingerprint density at radius 3 is 1.41 bits per heavy atom. The van der Waals surface area contributed by atoms with Gasteiger partial charge in [-0.2, -0.15) is 0 Å². The molecule has 0 atom stereocenters. The van der Waals surface area contributed by atoms with Gasteiger partial charge in [-0.05, 0) is 32.9 Å². The van der Waals surface area contributed by atoms with Crippen LogP contribution in [0.15, 0.2) is 133 Å². The summed E-state index contributed by atoms with van der Waals surface area (Å²) in [5.74, 6) is 0. The van der Waals surface area contributed by atoms with Crippen molar-refractivity contribution in [2.75, 3.05) is 0 Å². The van der Waals surface area contributed by atoms with Gasteiger partial charge in [-0.15, -0.1) is 11.3 Å². The molecule has 32 heavy (non-hydrogen) atoms. The molecule has 1 heterocycles. The first-order valence-electron chi connectivity index (χ1n) is 11.0. The fraction of sp³-hybridized carbons (Fsp3) is 0. The summed E-state index contributed by atoms with van der Waals surface area (Å²) in [7, 11) is -2.47. The van der Waals surface area contributed by atoms with Crippen LogP contribution in [0.3, 0.4) is 0 Å². The van der Waals surface area contributed by atoms with Crippen LogP contribution in [0.5, 0.6) is 0 Å². The molecule has 6 aromatic rings. The van der Waals surface area contributed by atoms with E-state index < -0.39 is 8.07 Å². The van der Waals surface area contributed by atoms with Crippen molar-refractivity contribution in [2.45, 2.75) is 0 Å². The molecule has 6 rings (SSSR count). The van der Waals surface area contributed by atoms with Gasteiger partial charge < -0.3 is 0 Å². The molecule has 0 aliphatic carbocycles. The van der Waals surface area contributed by atoms with Crippen molar-refractivity contribution in [3.63, 3.8) is 0 Å². The quantitative estimate of drug-likeness (QED) is 0.252. The van der Waals surface area contributed by atoms with Crippen molar-refractivity contribution >= 4 is 60.3 Å². The van der Waals surface area contributed by atoms with Crippen LogP contribution in [-0.2, 0) is 0 Å². The highest BCUT2D eigenvalue weighted by Crippen LogP contribution is 2.33. The van der Waals surface area contributed by atoms with E-state index in [2.05, 4.69) is 133 Å². The summed E-state index contributed by atoms with van der Waals surface area (Å²) in [5, 5.41) is 8.38. The Hall–Kier alpha value is -3.46. The van der Waals surface area contributed by atoms with Crippen molar-refractivity contribution in [2.24, 2.45) is 0 Å². The Labute approximate surface area is 193 Å². The summed E-state index contributed by atoms with van der Waals surface area (Å²) < 4.78 is 2.71. The first-order chi connectivity index (χ1) is 15.9. The minimum absolute atomic E-state index is 1.35. The van der Waals surface area contributed by atoms with E-state index >= 15 is 0 Å². The molecule has 0 fully saturated rings. The lowest BCUT2D eigenvalue weighted by atomic mass is 10.1. The van der Waals surface area contributed by atoms with E-state index in [0.29, 0.717) is 0 Å². The van der Waals surface area contributed by atoms with Crippen LogP contribution in [0.4, 0.5) is 0 Å². The zero-order valence-corrected chi connectivity index (χ0v) is 19.4. The molecule has 0 saturated carbocycles. The number of hydrogen-bond acceptors (Lipinski definition) is 1. The monoisotopic (exact) mass is 442 g/mol. The van der Waals surface area contributed by atoms with Crippen LogP contribution in [0.1, 0.15) is 0 Å². The number of rotatable bonds is 4. The second-order valence-corrected chi connectivity index (χ2v) is 13.1. The van der Waals surface area contributed by atoms with E-state index in [9.17, 15) is 0 Å². The van der Waals surface area contributed by atoms with Crippen LogP contribution in [-0.4, -0.2) is 8.07 Å². The van der Waals surface area contributed by atoms with Gasteiger partial charge in [0.2, 0.25) is 0 Å². The Morgan fingerprint density at radius 2 is 0.844 bits per heavy atom. The number of fused-ring (bicyclic) bond motifs is 3. The second-order valence-electron chi connectivity index (χ2n) is 8.16. The third-order valence-electron chi connectivity index (χ3n) is 6.43. The van der Waals surface area contributed by atoms with Gasteiger partial charge in [0.25, 0.3) is 0 Å². The lowest BCUT2D eigenvalue weighted by Gasteiger charge is -2.34. The van der Waals surface area contributed by atoms with Crippen molar-refractivity contribution in [1.82, 2.24) is 0 Å². The predicted octanol–water partition coefficient (Wildman–Crippen LogP) is 5.43. The van der Waals surface area contributed by atoms with Crippen molar-refractivity contribution < 1.29 is 0 Å². The molecule has 0 bridgehead atoms. The lowest BCUT2D eigenvalue weighted by Crippen LogP contribution is -2.74. The van der Waals surface area contributed by atoms with Crippen molar-refractivity contribution in [3.05, 3.63) is 133 Å². The standard InChI is InChI=1S/C30H22SSi/c1-4-12-23(13-5-1)32(24-14-6-2-7-15-24,25-16-8-3-9-17-25)26-20-21-30-28(22-26)27-18-10-11-19-29(27)31-30/h1-22H. The molecule has 0 saturated heterocycles. The summed E-state index contributed by atoms with van der Waals surface area (Å²) in [4.78, 5) is 0. The Balaban J connectivity index is 1.76. The normalized spacial score (nSPS) is 11.8. The maximum atomic E-state index is 2.48. The molecule has 0 amide bonds. The fourth-order valence-electron chi connectivity index (χ4n) is 5.02. The molecule has 0 radical (unpaired) electrons. The number of benzene rings is 5. The topological polar surface area (TPSA) is 0 Å². The van der Waals surface area contributed by atoms with E-state index in [0.717, 1.165) is 0 Å². The Kier molecular flexibility index (Phi) is 4.75. The molecule has 0 spiro atoms. The summed E-state index contributed by atoms with van der Waals surface area (Å²) in [6.07, 6.45) is 0. The van der Waals surface area contributed by atoms with Crippen LogP contribution < -0.4 is 20.7 Å². The highest BCUT2D eigenvalue weighted by atomic mass is 32.1. The Bertz CT molecular complexity index is 1410. The highest BCUT2D eigenvalue weighted by Gasteiger charge is 2.41. The van der Waals surface area contributed by atoms with E-state index in [4.69, 9.17) is 0 Å². The molecule has 1 aromatic heterocycles. The van der Waals surface area contributed by atoms with Crippen LogP contribution in [0.2, 0.25) is 0 Å². The minimum atomic E-state index is -2.47. The summed E-state index contributed by atoms with van der Waals surface area (Å²) >= 11 is 1.88. The summed E-state index contributed by atoms with van der Waals surface area (Å²) in [5.41, 5.74) is 0. The largest absolute Gasteiger partial charge is 0.179 e. The third kappa shape index (κ3) is 2.95. The molecule has 2 heteroatoms. The van der Waals surface area contributed by atoms with E-state index in [-0.39, 0.29) is 0 Å². The van der Waals surface area contributed by atoms with Crippen molar-refractivity contribution in [3.8, 4) is 0 Å². The zero-order chi connectivity index (χ0) is 21.4. The average molecular weight is 443 g/mol. The van der Waals surface area contributed by atoms with Gasteiger partial charge in [-0.1, -0.05) is 121 Å². The molecule has 0 aliphatic rings. The van der Waals surface area contributed by atoms with Gasteiger partial charge >= 0.3 is 0 Å². The smallest absolute Gasteiger partial charge is 0.135 e. The van der Waals surface area contributed by atoms with Gasteiger partial charge in [0.1, 0.15) is 0 Å². The fourth-order valence-corrected chi connectivity index (χ4v) is 10.9. The first kappa shape index (κ1) is 19.2. The van der Waals surface area contributed by atoms with Crippen LogP contribution in [0, 0.1) is 0 Å². The van der Waals surface area contributed by atoms with E-state index in [1.165, 1.54) is 40.9 Å². The predicted molar refractivity (Wildman–Crippen MR) is 143 cm³/mol. The molecular formula is C30H22SSi. The van der Waals surface area contributed by atoms with Crippen molar-refractivity contribution in [1.29, 1.82) is 0 Å². The highest BCUT2D eigenvalue weighted by molar-refractivity contribution is 7.26. The van der Waals surface area contributed by atoms with Gasteiger partial charge in [0.15, 0.2) is 8.07 Å². The molecule has 152 valence electrons. The number of hydrogen-bond donors (Lipinski definition) is 0. The molecule has 0 unspecified atom stereocenters. The summed E-state index contributed by atoms with van der Waals surface area (Å²) in [6, 6.07) is 49.4. The van der Waals surface area contributed by atoms with Gasteiger partial charge in [0.05, 0.1) is 0 Å². The van der Waals surface area contributed by atoms with Gasteiger partial charge in [-0.3, -0.25) is 0 Å².